The molecule has 3 aromatic rings. The first-order chi connectivity index (χ1) is 22.6. The van der Waals surface area contributed by atoms with E-state index in [4.69, 9.17) is 31.1 Å². The van der Waals surface area contributed by atoms with E-state index in [1.54, 1.807) is 53.9 Å². The van der Waals surface area contributed by atoms with Crippen molar-refractivity contribution in [1.82, 2.24) is 24.4 Å². The number of imidazole rings is 1. The summed E-state index contributed by atoms with van der Waals surface area (Å²) in [5.41, 5.74) is 6.22. The van der Waals surface area contributed by atoms with Crippen molar-refractivity contribution in [3.63, 3.8) is 0 Å². The number of likely N-dealkylation sites (N-methyl/N-ethyl adjacent to an activating group) is 1. The Morgan fingerprint density at radius 2 is 1.77 bits per heavy atom. The summed E-state index contributed by atoms with van der Waals surface area (Å²) in [6.07, 6.45) is 7.17. The third-order valence-corrected chi connectivity index (χ3v) is 8.03. The molecule has 1 aromatic carbocycles. The highest BCUT2D eigenvalue weighted by Gasteiger charge is 2.51. The smallest absolute Gasteiger partial charge is 0.350 e. The Kier molecular flexibility index (Phi) is 11.9. The van der Waals surface area contributed by atoms with E-state index in [0.29, 0.717) is 47.7 Å². The van der Waals surface area contributed by atoms with Crippen molar-refractivity contribution in [2.75, 3.05) is 64.2 Å². The topological polar surface area (TPSA) is 164 Å². The maximum Gasteiger partial charge on any atom is 0.350 e. The molecule has 0 bridgehead atoms. The van der Waals surface area contributed by atoms with Gasteiger partial charge in [0, 0.05) is 45.3 Å². The van der Waals surface area contributed by atoms with Crippen LogP contribution < -0.4 is 10.6 Å². The number of rotatable bonds is 15. The number of aromatic nitrogens is 4. The number of amides is 1. The van der Waals surface area contributed by atoms with Gasteiger partial charge >= 0.3 is 11.9 Å². The number of fused-ring (bicyclic) bond motifs is 1. The molecule has 2 unspecified atom stereocenters. The van der Waals surface area contributed by atoms with Gasteiger partial charge in [0.25, 0.3) is 5.60 Å². The van der Waals surface area contributed by atoms with Crippen molar-refractivity contribution in [2.45, 2.75) is 51.9 Å². The fourth-order valence-electron chi connectivity index (χ4n) is 5.40. The molecule has 1 aliphatic rings. The number of hydrogen-bond acceptors (Lipinski definition) is 12. The van der Waals surface area contributed by atoms with Crippen molar-refractivity contribution >= 4 is 40.5 Å². The number of hydrogen-bond donors (Lipinski definition) is 1. The fraction of sp³-hybridized carbons (Fsp3) is 0.515. The van der Waals surface area contributed by atoms with Gasteiger partial charge < -0.3 is 34.1 Å². The molecule has 1 fully saturated rings. The number of ether oxygens (including phenoxy) is 4. The van der Waals surface area contributed by atoms with Gasteiger partial charge in [-0.25, -0.2) is 24.5 Å². The number of benzene rings is 1. The van der Waals surface area contributed by atoms with Crippen LogP contribution in [-0.2, 0) is 52.7 Å². The van der Waals surface area contributed by atoms with E-state index in [1.165, 1.54) is 7.11 Å². The summed E-state index contributed by atoms with van der Waals surface area (Å²) < 4.78 is 24.5. The Hall–Kier alpha value is -4.58. The van der Waals surface area contributed by atoms with Gasteiger partial charge in [-0.3, -0.25) is 9.69 Å². The van der Waals surface area contributed by atoms with Crippen molar-refractivity contribution in [1.29, 1.82) is 0 Å². The molecule has 1 aliphatic heterocycles. The van der Waals surface area contributed by atoms with Crippen LogP contribution in [0.25, 0.3) is 11.2 Å². The summed E-state index contributed by atoms with van der Waals surface area (Å²) in [5, 5.41) is 0. The predicted octanol–water partition coefficient (Wildman–Crippen LogP) is 1.64. The summed E-state index contributed by atoms with van der Waals surface area (Å²) in [6.45, 7) is 6.81. The van der Waals surface area contributed by atoms with Crippen LogP contribution in [0.1, 0.15) is 32.2 Å². The van der Waals surface area contributed by atoms with Crippen molar-refractivity contribution < 1.29 is 33.3 Å². The molecule has 47 heavy (non-hydrogen) atoms. The van der Waals surface area contributed by atoms with E-state index >= 15 is 0 Å². The largest absolute Gasteiger partial charge is 0.463 e. The molecule has 0 aliphatic carbocycles. The van der Waals surface area contributed by atoms with E-state index in [2.05, 4.69) is 20.9 Å². The molecule has 2 N–H and O–H groups in total. The number of aryl methyl sites for hydroxylation is 1. The molecule has 14 nitrogen and oxygen atoms in total. The van der Waals surface area contributed by atoms with Gasteiger partial charge in [0.05, 0.1) is 44.7 Å². The predicted molar refractivity (Wildman–Crippen MR) is 174 cm³/mol. The van der Waals surface area contributed by atoms with Crippen LogP contribution in [0.5, 0.6) is 0 Å². The summed E-state index contributed by atoms with van der Waals surface area (Å²) in [4.78, 5) is 56.6. The zero-order valence-corrected chi connectivity index (χ0v) is 27.6. The zero-order chi connectivity index (χ0) is 34.1. The van der Waals surface area contributed by atoms with E-state index in [0.717, 1.165) is 6.54 Å². The third kappa shape index (κ3) is 7.87. The minimum absolute atomic E-state index is 0.00688. The summed E-state index contributed by atoms with van der Waals surface area (Å²) in [7, 11) is 3.37. The van der Waals surface area contributed by atoms with Crippen LogP contribution in [-0.4, -0.2) is 108 Å². The number of nitrogens with zero attached hydrogens (tertiary/aromatic N) is 6. The molecule has 1 saturated heterocycles. The Labute approximate surface area is 274 Å². The second kappa shape index (κ2) is 15.8. The number of piperazine rings is 1. The maximum atomic E-state index is 13.6. The number of carbonyl (C=O) groups excluding carboxylic acids is 3. The number of methoxy groups -OCH3 is 1. The normalized spacial score (nSPS) is 15.3. The van der Waals surface area contributed by atoms with Crippen LogP contribution in [0.3, 0.4) is 0 Å². The highest BCUT2D eigenvalue weighted by Crippen LogP contribution is 2.27. The summed E-state index contributed by atoms with van der Waals surface area (Å²) in [6, 6.07) is 7.05. The zero-order valence-electron chi connectivity index (χ0n) is 27.6. The van der Waals surface area contributed by atoms with Crippen LogP contribution >= 0.6 is 0 Å². The SMILES string of the molecule is C#CC(Cn1cnc2c(N)nc(CC)nc21)C(COC(Cc1ccc(N2CCN(C)CC2=O)cc1)(C(=O)OCC)C(=O)OCC)OC. The third-order valence-electron chi connectivity index (χ3n) is 8.03. The summed E-state index contributed by atoms with van der Waals surface area (Å²) in [5.74, 6) is 1.17. The Bertz CT molecular complexity index is 1580. The van der Waals surface area contributed by atoms with Crippen molar-refractivity contribution in [3.8, 4) is 12.3 Å². The number of esters is 2. The second-order valence-electron chi connectivity index (χ2n) is 11.2. The number of nitrogen functional groups attached to an aromatic ring is 1. The van der Waals surface area contributed by atoms with Gasteiger partial charge in [0.2, 0.25) is 5.91 Å². The molecule has 1 amide bonds. The molecule has 2 atom stereocenters. The fourth-order valence-corrected chi connectivity index (χ4v) is 5.40. The average molecular weight is 650 g/mol. The average Bonchev–Trinajstić information content (AvgIpc) is 3.47. The number of carbonyl (C=O) groups is 3. The molecule has 0 radical (unpaired) electrons. The molecule has 4 rings (SSSR count). The standard InChI is InChI=1S/C33H43N7O7/c1-7-23(18-39-21-35-28-29(34)36-26(8-2)37-30(28)39)25(44-6)20-47-33(31(42)45-9-3,32(43)46-10-4)17-22-11-13-24(14-12-22)40-16-15-38(5)19-27(40)41/h1,11-14,21,23,25H,8-10,15-20H2,2-6H3,(H2,34,36,37). The van der Waals surface area contributed by atoms with E-state index in [-0.39, 0.29) is 44.5 Å². The minimum Gasteiger partial charge on any atom is -0.463 e. The quantitative estimate of drug-likeness (QED) is 0.144. The van der Waals surface area contributed by atoms with Gasteiger partial charge in [-0.15, -0.1) is 6.42 Å². The Morgan fingerprint density at radius 3 is 2.34 bits per heavy atom. The maximum absolute atomic E-state index is 13.6. The molecule has 3 heterocycles. The molecule has 14 heteroatoms. The monoisotopic (exact) mass is 649 g/mol. The van der Waals surface area contributed by atoms with Gasteiger partial charge in [-0.2, -0.15) is 0 Å². The van der Waals surface area contributed by atoms with Crippen molar-refractivity contribution in [3.05, 3.63) is 42.0 Å². The van der Waals surface area contributed by atoms with Crippen molar-refractivity contribution in [2.24, 2.45) is 5.92 Å². The molecule has 0 saturated carbocycles. The Balaban J connectivity index is 1.60. The first kappa shape index (κ1) is 35.3. The molecular weight excluding hydrogens is 606 g/mol. The second-order valence-corrected chi connectivity index (χ2v) is 11.2. The van der Waals surface area contributed by atoms with Crippen LogP contribution in [0.4, 0.5) is 11.5 Å². The molecular formula is C33H43N7O7. The lowest BCUT2D eigenvalue weighted by molar-refractivity contribution is -0.195. The lowest BCUT2D eigenvalue weighted by Gasteiger charge is -2.33. The van der Waals surface area contributed by atoms with E-state index < -0.39 is 29.6 Å². The molecule has 0 spiro atoms. The van der Waals surface area contributed by atoms with Crippen LogP contribution in [0, 0.1) is 18.3 Å². The van der Waals surface area contributed by atoms with Gasteiger partial charge in [-0.05, 0) is 38.6 Å². The van der Waals surface area contributed by atoms with E-state index in [1.807, 2.05) is 18.9 Å². The van der Waals surface area contributed by atoms with Gasteiger partial charge in [-0.1, -0.05) is 25.0 Å². The highest BCUT2D eigenvalue weighted by molar-refractivity contribution is 6.04. The summed E-state index contributed by atoms with van der Waals surface area (Å²) >= 11 is 0. The van der Waals surface area contributed by atoms with Gasteiger partial charge in [0.15, 0.2) is 11.5 Å². The number of nitrogens with two attached hydrogens (primary N) is 1. The highest BCUT2D eigenvalue weighted by atomic mass is 16.6. The Morgan fingerprint density at radius 1 is 1.09 bits per heavy atom. The molecule has 2 aromatic heterocycles. The lowest BCUT2D eigenvalue weighted by Crippen LogP contribution is -2.54. The number of terminal acetylenes is 1. The van der Waals surface area contributed by atoms with Crippen LogP contribution in [0.15, 0.2) is 30.6 Å². The van der Waals surface area contributed by atoms with Gasteiger partial charge in [0.1, 0.15) is 11.3 Å². The van der Waals surface area contributed by atoms with E-state index in [9.17, 15) is 14.4 Å². The molecule has 252 valence electrons. The van der Waals surface area contributed by atoms with Crippen LogP contribution in [0.2, 0.25) is 0 Å². The minimum atomic E-state index is -2.16. The first-order valence-corrected chi connectivity index (χ1v) is 15.6. The number of anilines is 2. The first-order valence-electron chi connectivity index (χ1n) is 15.6. The lowest BCUT2D eigenvalue weighted by atomic mass is 9.93.